The summed E-state index contributed by atoms with van der Waals surface area (Å²) in [5.41, 5.74) is -3.20. The van der Waals surface area contributed by atoms with Crippen molar-refractivity contribution < 1.29 is 26.3 Å². The van der Waals surface area contributed by atoms with E-state index in [9.17, 15) is 26.3 Å². The smallest absolute Gasteiger partial charge is 0.239 e. The van der Waals surface area contributed by atoms with Crippen LogP contribution in [0.3, 0.4) is 0 Å². The van der Waals surface area contributed by atoms with E-state index in [0.29, 0.717) is 18.1 Å². The minimum Gasteiger partial charge on any atom is -0.239 e. The zero-order valence-electron chi connectivity index (χ0n) is 8.87. The minimum atomic E-state index is -4.90. The summed E-state index contributed by atoms with van der Waals surface area (Å²) in [6.45, 7) is 2.85. The summed E-state index contributed by atoms with van der Waals surface area (Å²) in [6.07, 6.45) is -9.79. The van der Waals surface area contributed by atoms with Crippen LogP contribution in [-0.2, 0) is 12.4 Å². The Balaban J connectivity index is 3.40. The van der Waals surface area contributed by atoms with Gasteiger partial charge in [0.15, 0.2) is 0 Å². The van der Waals surface area contributed by atoms with Crippen LogP contribution in [0.5, 0.6) is 0 Å². The van der Waals surface area contributed by atoms with Crippen molar-refractivity contribution >= 4 is 0 Å². The van der Waals surface area contributed by atoms with Gasteiger partial charge in [-0.1, -0.05) is 13.8 Å². The summed E-state index contributed by atoms with van der Waals surface area (Å²) >= 11 is 0. The van der Waals surface area contributed by atoms with E-state index in [4.69, 9.17) is 0 Å². The molecule has 1 rings (SSSR count). The third-order valence-electron chi connectivity index (χ3n) is 1.98. The second kappa shape index (κ2) is 4.19. The highest BCUT2D eigenvalue weighted by Crippen LogP contribution is 2.34. The number of hydrogen-bond donors (Lipinski definition) is 0. The van der Waals surface area contributed by atoms with Gasteiger partial charge in [0.2, 0.25) is 0 Å². The molecule has 0 spiro atoms. The van der Waals surface area contributed by atoms with Crippen LogP contribution in [0.4, 0.5) is 26.3 Å². The maximum absolute atomic E-state index is 12.4. The van der Waals surface area contributed by atoms with Gasteiger partial charge in [0, 0.05) is 0 Å². The van der Waals surface area contributed by atoms with Crippen molar-refractivity contribution in [2.24, 2.45) is 0 Å². The molecule has 0 aliphatic heterocycles. The summed E-state index contributed by atoms with van der Waals surface area (Å²) in [4.78, 5) is 2.60. The fraction of sp³-hybridized carbons (Fsp3) is 0.400. The van der Waals surface area contributed by atoms with Gasteiger partial charge in [0.25, 0.3) is 0 Å². The van der Waals surface area contributed by atoms with Crippen molar-refractivity contribution in [3.05, 3.63) is 35.0 Å². The number of nitrogens with zero attached hydrogens (tertiary/aromatic N) is 1. The Labute approximate surface area is 93.5 Å². The lowest BCUT2D eigenvalue weighted by atomic mass is 10.0. The molecule has 0 bridgehead atoms. The molecular formula is C10H8F6N. The highest BCUT2D eigenvalue weighted by molar-refractivity contribution is 5.33. The summed E-state index contributed by atoms with van der Waals surface area (Å²) in [6, 6.07) is 1.20. The number of halogens is 6. The molecule has 1 radical (unpaired) electrons. The zero-order chi connectivity index (χ0) is 13.4. The van der Waals surface area contributed by atoms with E-state index in [0.717, 1.165) is 0 Å². The van der Waals surface area contributed by atoms with Crippen molar-refractivity contribution in [3.8, 4) is 0 Å². The molecule has 1 heterocycles. The lowest BCUT2D eigenvalue weighted by Gasteiger charge is -2.14. The van der Waals surface area contributed by atoms with Crippen LogP contribution in [0.1, 0.15) is 30.8 Å². The number of pyridine rings is 1. The topological polar surface area (TPSA) is 12.9 Å². The lowest BCUT2D eigenvalue weighted by molar-refractivity contribution is -0.150. The maximum atomic E-state index is 12.4. The van der Waals surface area contributed by atoms with E-state index in [2.05, 4.69) is 4.98 Å². The third-order valence-corrected chi connectivity index (χ3v) is 1.98. The molecule has 0 N–H and O–H groups in total. The first-order valence-electron chi connectivity index (χ1n) is 4.49. The summed E-state index contributed by atoms with van der Waals surface area (Å²) in [5, 5.41) is 0. The van der Waals surface area contributed by atoms with Crippen LogP contribution < -0.4 is 0 Å². The number of alkyl halides is 6. The Morgan fingerprint density at radius 1 is 0.882 bits per heavy atom. The first kappa shape index (κ1) is 13.8. The van der Waals surface area contributed by atoms with Crippen molar-refractivity contribution in [2.75, 3.05) is 0 Å². The molecule has 0 unspecified atom stereocenters. The van der Waals surface area contributed by atoms with Gasteiger partial charge in [0.1, 0.15) is 11.4 Å². The molecule has 0 fully saturated rings. The number of hydrogen-bond acceptors (Lipinski definition) is 1. The SMILES string of the molecule is C[C](C)c1cc(C(F)(F)F)nc(C(F)(F)F)c1. The Hall–Kier alpha value is -1.27. The van der Waals surface area contributed by atoms with Crippen molar-refractivity contribution in [2.45, 2.75) is 26.2 Å². The molecule has 0 saturated carbocycles. The number of rotatable bonds is 1. The molecule has 1 aromatic rings. The molecule has 0 saturated heterocycles. The molecule has 1 nitrogen and oxygen atoms in total. The largest absolute Gasteiger partial charge is 0.433 e. The molecule has 7 heteroatoms. The van der Waals surface area contributed by atoms with Crippen molar-refractivity contribution in [1.82, 2.24) is 4.98 Å². The standard InChI is InChI=1S/C10H8F6N/c1-5(2)6-3-7(9(11,12)13)17-8(4-6)10(14,15)16/h3-4H,1-2H3. The van der Waals surface area contributed by atoms with E-state index >= 15 is 0 Å². The van der Waals surface area contributed by atoms with Crippen molar-refractivity contribution in [1.29, 1.82) is 0 Å². The quantitative estimate of drug-likeness (QED) is 0.690. The van der Waals surface area contributed by atoms with Crippen LogP contribution in [0.15, 0.2) is 12.1 Å². The summed E-state index contributed by atoms with van der Waals surface area (Å²) in [5.74, 6) is 0.350. The van der Waals surface area contributed by atoms with E-state index in [-0.39, 0.29) is 5.56 Å². The normalized spacial score (nSPS) is 13.2. The first-order valence-corrected chi connectivity index (χ1v) is 4.49. The molecule has 1 aromatic heterocycles. The highest BCUT2D eigenvalue weighted by atomic mass is 19.4. The van der Waals surface area contributed by atoms with E-state index in [1.807, 2.05) is 0 Å². The minimum absolute atomic E-state index is 0.125. The predicted molar refractivity (Wildman–Crippen MR) is 47.9 cm³/mol. The highest BCUT2D eigenvalue weighted by Gasteiger charge is 2.38. The van der Waals surface area contributed by atoms with Gasteiger partial charge in [-0.2, -0.15) is 26.3 Å². The van der Waals surface area contributed by atoms with Crippen LogP contribution in [0, 0.1) is 5.92 Å². The molecule has 0 aliphatic carbocycles. The lowest BCUT2D eigenvalue weighted by Crippen LogP contribution is -2.16. The molecule has 17 heavy (non-hydrogen) atoms. The maximum Gasteiger partial charge on any atom is 0.433 e. The van der Waals surface area contributed by atoms with E-state index in [1.54, 1.807) is 0 Å². The van der Waals surface area contributed by atoms with E-state index in [1.165, 1.54) is 13.8 Å². The van der Waals surface area contributed by atoms with Crippen LogP contribution in [0.2, 0.25) is 0 Å². The van der Waals surface area contributed by atoms with E-state index < -0.39 is 23.7 Å². The van der Waals surface area contributed by atoms with Crippen LogP contribution in [-0.4, -0.2) is 4.98 Å². The second-order valence-corrected chi connectivity index (χ2v) is 3.62. The molecule has 0 aliphatic rings. The fourth-order valence-corrected chi connectivity index (χ4v) is 1.11. The Morgan fingerprint density at radius 2 is 1.24 bits per heavy atom. The fourth-order valence-electron chi connectivity index (χ4n) is 1.11. The average molecular weight is 256 g/mol. The van der Waals surface area contributed by atoms with Crippen LogP contribution >= 0.6 is 0 Å². The molecular weight excluding hydrogens is 248 g/mol. The van der Waals surface area contributed by atoms with Gasteiger partial charge in [-0.3, -0.25) is 0 Å². The molecule has 0 atom stereocenters. The van der Waals surface area contributed by atoms with Gasteiger partial charge >= 0.3 is 12.4 Å². The Bertz CT molecular complexity index is 372. The van der Waals surface area contributed by atoms with Crippen molar-refractivity contribution in [3.63, 3.8) is 0 Å². The second-order valence-electron chi connectivity index (χ2n) is 3.62. The van der Waals surface area contributed by atoms with Gasteiger partial charge in [-0.25, -0.2) is 4.98 Å². The monoisotopic (exact) mass is 256 g/mol. The molecule has 0 amide bonds. The van der Waals surface area contributed by atoms with Gasteiger partial charge in [-0.15, -0.1) is 0 Å². The Kier molecular flexibility index (Phi) is 3.40. The van der Waals surface area contributed by atoms with Gasteiger partial charge in [0.05, 0.1) is 0 Å². The molecule has 95 valence electrons. The Morgan fingerprint density at radius 3 is 1.47 bits per heavy atom. The molecule has 0 aromatic carbocycles. The number of aromatic nitrogens is 1. The van der Waals surface area contributed by atoms with Gasteiger partial charge < -0.3 is 0 Å². The van der Waals surface area contributed by atoms with Crippen LogP contribution in [0.25, 0.3) is 0 Å². The van der Waals surface area contributed by atoms with Gasteiger partial charge in [-0.05, 0) is 23.6 Å². The summed E-state index contributed by atoms with van der Waals surface area (Å²) in [7, 11) is 0. The zero-order valence-corrected chi connectivity index (χ0v) is 8.87. The first-order chi connectivity index (χ1) is 7.51. The summed E-state index contributed by atoms with van der Waals surface area (Å²) < 4.78 is 74.2. The predicted octanol–water partition coefficient (Wildman–Crippen LogP) is 4.08. The average Bonchev–Trinajstić information content (AvgIpc) is 2.14. The third kappa shape index (κ3) is 3.34.